The van der Waals surface area contributed by atoms with Gasteiger partial charge in [0.25, 0.3) is 0 Å². The highest BCUT2D eigenvalue weighted by Crippen LogP contribution is 2.36. The SMILES string of the molecule is CCCNC(c1nccn1C)C1CCCC(C)C1. The van der Waals surface area contributed by atoms with Crippen molar-refractivity contribution in [1.82, 2.24) is 14.9 Å². The lowest BCUT2D eigenvalue weighted by Crippen LogP contribution is -2.33. The molecule has 1 aliphatic carbocycles. The first-order valence-corrected chi connectivity index (χ1v) is 7.43. The standard InChI is InChI=1S/C15H27N3/c1-4-8-16-14(15-17-9-10-18(15)3)13-7-5-6-12(2)11-13/h9-10,12-14,16H,4-8,11H2,1-3H3. The molecular weight excluding hydrogens is 222 g/mol. The molecule has 18 heavy (non-hydrogen) atoms. The molecule has 0 saturated heterocycles. The summed E-state index contributed by atoms with van der Waals surface area (Å²) in [4.78, 5) is 4.57. The summed E-state index contributed by atoms with van der Waals surface area (Å²) in [5.41, 5.74) is 0. The Kier molecular flexibility index (Phi) is 4.81. The van der Waals surface area contributed by atoms with E-state index in [4.69, 9.17) is 0 Å². The highest BCUT2D eigenvalue weighted by molar-refractivity contribution is 5.02. The average Bonchev–Trinajstić information content (AvgIpc) is 2.77. The minimum atomic E-state index is 0.438. The summed E-state index contributed by atoms with van der Waals surface area (Å²) in [6, 6.07) is 0.438. The molecule has 3 nitrogen and oxygen atoms in total. The van der Waals surface area contributed by atoms with Gasteiger partial charge in [-0.2, -0.15) is 0 Å². The third kappa shape index (κ3) is 3.14. The zero-order valence-electron chi connectivity index (χ0n) is 12.0. The van der Waals surface area contributed by atoms with Crippen molar-refractivity contribution in [2.45, 2.75) is 52.0 Å². The van der Waals surface area contributed by atoms with Crippen molar-refractivity contribution in [2.75, 3.05) is 6.54 Å². The van der Waals surface area contributed by atoms with Gasteiger partial charge in [-0.05, 0) is 37.6 Å². The second-order valence-corrected chi connectivity index (χ2v) is 5.86. The Bertz CT molecular complexity index is 358. The number of aromatic nitrogens is 2. The van der Waals surface area contributed by atoms with Crippen molar-refractivity contribution in [1.29, 1.82) is 0 Å². The molecule has 0 spiro atoms. The lowest BCUT2D eigenvalue weighted by Gasteiger charge is -2.33. The molecule has 1 saturated carbocycles. The minimum Gasteiger partial charge on any atom is -0.337 e. The molecule has 0 amide bonds. The molecule has 1 fully saturated rings. The zero-order chi connectivity index (χ0) is 13.0. The summed E-state index contributed by atoms with van der Waals surface area (Å²) in [7, 11) is 2.11. The van der Waals surface area contributed by atoms with Crippen molar-refractivity contribution in [3.8, 4) is 0 Å². The third-order valence-corrected chi connectivity index (χ3v) is 4.20. The Morgan fingerprint density at radius 1 is 1.50 bits per heavy atom. The fraction of sp³-hybridized carbons (Fsp3) is 0.800. The van der Waals surface area contributed by atoms with Gasteiger partial charge in [0.15, 0.2) is 0 Å². The number of nitrogens with one attached hydrogen (secondary N) is 1. The van der Waals surface area contributed by atoms with E-state index < -0.39 is 0 Å². The van der Waals surface area contributed by atoms with Crippen LogP contribution in [0.15, 0.2) is 12.4 Å². The predicted molar refractivity (Wildman–Crippen MR) is 75.4 cm³/mol. The van der Waals surface area contributed by atoms with Crippen LogP contribution in [0.4, 0.5) is 0 Å². The predicted octanol–water partition coefficient (Wildman–Crippen LogP) is 3.29. The molecule has 102 valence electrons. The fourth-order valence-corrected chi connectivity index (χ4v) is 3.23. The van der Waals surface area contributed by atoms with Crippen LogP contribution in [-0.4, -0.2) is 16.1 Å². The molecule has 1 heterocycles. The molecule has 1 N–H and O–H groups in total. The maximum atomic E-state index is 4.57. The van der Waals surface area contributed by atoms with Crippen LogP contribution in [0.5, 0.6) is 0 Å². The first-order valence-electron chi connectivity index (χ1n) is 7.43. The van der Waals surface area contributed by atoms with E-state index in [9.17, 15) is 0 Å². The van der Waals surface area contributed by atoms with Crippen molar-refractivity contribution in [2.24, 2.45) is 18.9 Å². The molecule has 3 unspecified atom stereocenters. The Labute approximate surface area is 111 Å². The number of aryl methyl sites for hydroxylation is 1. The highest BCUT2D eigenvalue weighted by Gasteiger charge is 2.29. The van der Waals surface area contributed by atoms with E-state index in [-0.39, 0.29) is 0 Å². The third-order valence-electron chi connectivity index (χ3n) is 4.20. The highest BCUT2D eigenvalue weighted by atomic mass is 15.1. The molecule has 3 atom stereocenters. The van der Waals surface area contributed by atoms with Gasteiger partial charge in [0, 0.05) is 19.4 Å². The normalized spacial score (nSPS) is 26.2. The molecule has 0 bridgehead atoms. The maximum Gasteiger partial charge on any atom is 0.125 e. The Morgan fingerprint density at radius 2 is 2.33 bits per heavy atom. The molecule has 1 aromatic heterocycles. The van der Waals surface area contributed by atoms with E-state index in [1.54, 1.807) is 0 Å². The lowest BCUT2D eigenvalue weighted by atomic mass is 9.78. The Hall–Kier alpha value is -0.830. The van der Waals surface area contributed by atoms with Crippen molar-refractivity contribution in [3.05, 3.63) is 18.2 Å². The van der Waals surface area contributed by atoms with E-state index in [1.165, 1.54) is 37.9 Å². The second-order valence-electron chi connectivity index (χ2n) is 5.86. The topological polar surface area (TPSA) is 29.9 Å². The van der Waals surface area contributed by atoms with E-state index >= 15 is 0 Å². The molecule has 1 aliphatic rings. The van der Waals surface area contributed by atoms with Gasteiger partial charge < -0.3 is 9.88 Å². The van der Waals surface area contributed by atoms with Gasteiger partial charge in [0.05, 0.1) is 6.04 Å². The van der Waals surface area contributed by atoms with E-state index in [2.05, 4.69) is 42.0 Å². The van der Waals surface area contributed by atoms with Crippen LogP contribution in [-0.2, 0) is 7.05 Å². The molecule has 3 heteroatoms. The van der Waals surface area contributed by atoms with Gasteiger partial charge in [-0.15, -0.1) is 0 Å². The van der Waals surface area contributed by atoms with Gasteiger partial charge in [-0.1, -0.05) is 26.7 Å². The number of hydrogen-bond donors (Lipinski definition) is 1. The molecule has 2 rings (SSSR count). The Balaban J connectivity index is 2.11. The monoisotopic (exact) mass is 249 g/mol. The van der Waals surface area contributed by atoms with E-state index in [0.29, 0.717) is 6.04 Å². The van der Waals surface area contributed by atoms with Crippen molar-refractivity contribution >= 4 is 0 Å². The molecule has 1 aromatic rings. The molecular formula is C15H27N3. The largest absolute Gasteiger partial charge is 0.337 e. The summed E-state index contributed by atoms with van der Waals surface area (Å²) in [6.07, 6.45) is 10.6. The maximum absolute atomic E-state index is 4.57. The summed E-state index contributed by atoms with van der Waals surface area (Å²) < 4.78 is 2.17. The zero-order valence-corrected chi connectivity index (χ0v) is 12.0. The minimum absolute atomic E-state index is 0.438. The average molecular weight is 249 g/mol. The van der Waals surface area contributed by atoms with Gasteiger partial charge in [-0.3, -0.25) is 0 Å². The summed E-state index contributed by atoms with van der Waals surface area (Å²) in [5, 5.41) is 3.72. The quantitative estimate of drug-likeness (QED) is 0.868. The lowest BCUT2D eigenvalue weighted by molar-refractivity contribution is 0.216. The number of imidazole rings is 1. The van der Waals surface area contributed by atoms with Crippen LogP contribution in [0.2, 0.25) is 0 Å². The van der Waals surface area contributed by atoms with Crippen LogP contribution in [0, 0.1) is 11.8 Å². The van der Waals surface area contributed by atoms with Crippen LogP contribution in [0.1, 0.15) is 57.8 Å². The van der Waals surface area contributed by atoms with E-state index in [0.717, 1.165) is 18.4 Å². The van der Waals surface area contributed by atoms with Crippen molar-refractivity contribution in [3.63, 3.8) is 0 Å². The van der Waals surface area contributed by atoms with Crippen LogP contribution in [0.25, 0.3) is 0 Å². The fourth-order valence-electron chi connectivity index (χ4n) is 3.23. The van der Waals surface area contributed by atoms with E-state index in [1.807, 2.05) is 6.20 Å². The van der Waals surface area contributed by atoms with Crippen LogP contribution >= 0.6 is 0 Å². The van der Waals surface area contributed by atoms with Crippen molar-refractivity contribution < 1.29 is 0 Å². The van der Waals surface area contributed by atoms with Crippen LogP contribution < -0.4 is 5.32 Å². The summed E-state index contributed by atoms with van der Waals surface area (Å²) in [5.74, 6) is 2.83. The second kappa shape index (κ2) is 6.37. The van der Waals surface area contributed by atoms with Gasteiger partial charge in [-0.25, -0.2) is 4.98 Å². The van der Waals surface area contributed by atoms with Gasteiger partial charge in [0.1, 0.15) is 5.82 Å². The Morgan fingerprint density at radius 3 is 2.94 bits per heavy atom. The summed E-state index contributed by atoms with van der Waals surface area (Å²) in [6.45, 7) is 5.70. The first kappa shape index (κ1) is 13.6. The molecule has 0 radical (unpaired) electrons. The number of nitrogens with zero attached hydrogens (tertiary/aromatic N) is 2. The van der Waals surface area contributed by atoms with Crippen LogP contribution in [0.3, 0.4) is 0 Å². The molecule has 0 aromatic carbocycles. The summed E-state index contributed by atoms with van der Waals surface area (Å²) >= 11 is 0. The first-order chi connectivity index (χ1) is 8.72. The molecule has 0 aliphatic heterocycles. The smallest absolute Gasteiger partial charge is 0.125 e. The number of rotatable bonds is 5. The van der Waals surface area contributed by atoms with Gasteiger partial charge >= 0.3 is 0 Å². The van der Waals surface area contributed by atoms with Gasteiger partial charge in [0.2, 0.25) is 0 Å². The number of hydrogen-bond acceptors (Lipinski definition) is 2.